The number of rotatable bonds is 4. The molecule has 0 heterocycles. The van der Waals surface area contributed by atoms with Crippen molar-refractivity contribution < 1.29 is 9.13 Å². The van der Waals surface area contributed by atoms with Crippen LogP contribution in [0.1, 0.15) is 30.6 Å². The molecule has 0 N–H and O–H groups in total. The van der Waals surface area contributed by atoms with Crippen LogP contribution in [0.15, 0.2) is 18.2 Å². The van der Waals surface area contributed by atoms with Gasteiger partial charge in [-0.1, -0.05) is 13.0 Å². The highest BCUT2D eigenvalue weighted by molar-refractivity contribution is 5.28. The molecule has 0 bridgehead atoms. The molecule has 2 nitrogen and oxygen atoms in total. The van der Waals surface area contributed by atoms with Gasteiger partial charge in [0, 0.05) is 0 Å². The van der Waals surface area contributed by atoms with Crippen LogP contribution >= 0.6 is 0 Å². The van der Waals surface area contributed by atoms with Crippen molar-refractivity contribution in [2.75, 3.05) is 6.61 Å². The van der Waals surface area contributed by atoms with E-state index in [1.807, 2.05) is 19.9 Å². The van der Waals surface area contributed by atoms with Crippen molar-refractivity contribution in [3.63, 3.8) is 0 Å². The van der Waals surface area contributed by atoms with E-state index < -0.39 is 0 Å². The molecule has 3 heteroatoms. The molecule has 1 aromatic carbocycles. The first-order valence-corrected chi connectivity index (χ1v) is 4.93. The van der Waals surface area contributed by atoms with Gasteiger partial charge in [-0.05, 0) is 36.6 Å². The van der Waals surface area contributed by atoms with Gasteiger partial charge in [-0.25, -0.2) is 4.39 Å². The molecule has 1 rings (SSSR count). The fourth-order valence-corrected chi connectivity index (χ4v) is 1.52. The number of hydrogen-bond donors (Lipinski definition) is 0. The Labute approximate surface area is 89.3 Å². The lowest BCUT2D eigenvalue weighted by Gasteiger charge is -2.16. The lowest BCUT2D eigenvalue weighted by atomic mass is 10.0. The number of benzene rings is 1. The van der Waals surface area contributed by atoms with Crippen LogP contribution in [0.2, 0.25) is 0 Å². The summed E-state index contributed by atoms with van der Waals surface area (Å²) in [5, 5.41) is 8.43. The van der Waals surface area contributed by atoms with E-state index in [-0.39, 0.29) is 18.5 Å². The molecule has 0 radical (unpaired) electrons. The van der Waals surface area contributed by atoms with Gasteiger partial charge in [0.15, 0.2) is 0 Å². The molecule has 0 fully saturated rings. The molecule has 0 aliphatic heterocycles. The number of ether oxygens (including phenoxy) is 1. The maximum Gasteiger partial charge on any atom is 0.134 e. The molecule has 1 aromatic rings. The van der Waals surface area contributed by atoms with E-state index in [9.17, 15) is 4.39 Å². The zero-order chi connectivity index (χ0) is 11.3. The van der Waals surface area contributed by atoms with Gasteiger partial charge in [-0.2, -0.15) is 5.26 Å². The van der Waals surface area contributed by atoms with Crippen molar-refractivity contribution in [3.8, 4) is 6.07 Å². The van der Waals surface area contributed by atoms with Crippen LogP contribution in [0.25, 0.3) is 0 Å². The van der Waals surface area contributed by atoms with E-state index in [0.717, 1.165) is 17.5 Å². The van der Waals surface area contributed by atoms with E-state index in [0.29, 0.717) is 0 Å². The molecule has 0 aliphatic rings. The summed E-state index contributed by atoms with van der Waals surface area (Å²) in [7, 11) is 0. The van der Waals surface area contributed by atoms with Crippen LogP contribution in [-0.4, -0.2) is 6.61 Å². The summed E-state index contributed by atoms with van der Waals surface area (Å²) in [5.41, 5.74) is 1.81. The largest absolute Gasteiger partial charge is 0.359 e. The fraction of sp³-hybridized carbons (Fsp3) is 0.417. The first-order chi connectivity index (χ1) is 7.19. The number of aryl methyl sites for hydroxylation is 1. The van der Waals surface area contributed by atoms with E-state index >= 15 is 0 Å². The summed E-state index contributed by atoms with van der Waals surface area (Å²) >= 11 is 0. The maximum absolute atomic E-state index is 13.0. The molecule has 80 valence electrons. The Balaban J connectivity index is 2.91. The zero-order valence-electron chi connectivity index (χ0n) is 8.96. The predicted molar refractivity (Wildman–Crippen MR) is 55.7 cm³/mol. The fourth-order valence-electron chi connectivity index (χ4n) is 1.52. The highest BCUT2D eigenvalue weighted by Gasteiger charge is 2.12. The Hall–Kier alpha value is -1.40. The van der Waals surface area contributed by atoms with Crippen molar-refractivity contribution >= 4 is 0 Å². The van der Waals surface area contributed by atoms with Gasteiger partial charge < -0.3 is 4.74 Å². The summed E-state index contributed by atoms with van der Waals surface area (Å²) in [6.45, 7) is 3.90. The predicted octanol–water partition coefficient (Wildman–Crippen LogP) is 3.13. The van der Waals surface area contributed by atoms with E-state index in [1.54, 1.807) is 6.07 Å². The first-order valence-electron chi connectivity index (χ1n) is 4.93. The molecular formula is C12H14FNO. The van der Waals surface area contributed by atoms with Crippen LogP contribution in [0.4, 0.5) is 4.39 Å². The van der Waals surface area contributed by atoms with Crippen LogP contribution < -0.4 is 0 Å². The third-order valence-corrected chi connectivity index (χ3v) is 2.31. The summed E-state index contributed by atoms with van der Waals surface area (Å²) in [5.74, 6) is -0.269. The second kappa shape index (κ2) is 5.47. The van der Waals surface area contributed by atoms with Crippen molar-refractivity contribution in [2.24, 2.45) is 0 Å². The lowest BCUT2D eigenvalue weighted by Crippen LogP contribution is -2.05. The highest BCUT2D eigenvalue weighted by Crippen LogP contribution is 2.24. The molecule has 0 aromatic heterocycles. The second-order valence-corrected chi connectivity index (χ2v) is 3.37. The first kappa shape index (κ1) is 11.7. The van der Waals surface area contributed by atoms with E-state index in [4.69, 9.17) is 10.00 Å². The quantitative estimate of drug-likeness (QED) is 0.759. The third-order valence-electron chi connectivity index (χ3n) is 2.31. The Morgan fingerprint density at radius 2 is 2.27 bits per heavy atom. The number of hydrogen-bond acceptors (Lipinski definition) is 2. The second-order valence-electron chi connectivity index (χ2n) is 3.37. The van der Waals surface area contributed by atoms with Gasteiger partial charge in [-0.3, -0.25) is 0 Å². The van der Waals surface area contributed by atoms with Crippen LogP contribution in [0.3, 0.4) is 0 Å². The van der Waals surface area contributed by atoms with Gasteiger partial charge in [-0.15, -0.1) is 0 Å². The monoisotopic (exact) mass is 207 g/mol. The standard InChI is InChI=1S/C12H14FNO/c1-3-12(15-7-6-14)11-8-10(13)5-4-9(11)2/h4-5,8,12H,3,7H2,1-2H3/t12-/m0/s1. The van der Waals surface area contributed by atoms with Gasteiger partial charge >= 0.3 is 0 Å². The normalized spacial score (nSPS) is 12.1. The molecular weight excluding hydrogens is 193 g/mol. The summed E-state index contributed by atoms with van der Waals surface area (Å²) < 4.78 is 18.4. The van der Waals surface area contributed by atoms with Crippen molar-refractivity contribution in [1.82, 2.24) is 0 Å². The third kappa shape index (κ3) is 3.03. The number of halogens is 1. The average molecular weight is 207 g/mol. The van der Waals surface area contributed by atoms with Crippen molar-refractivity contribution in [2.45, 2.75) is 26.4 Å². The summed E-state index contributed by atoms with van der Waals surface area (Å²) in [6.07, 6.45) is 0.534. The Bertz CT molecular complexity index is 370. The Morgan fingerprint density at radius 1 is 1.53 bits per heavy atom. The highest BCUT2D eigenvalue weighted by atomic mass is 19.1. The van der Waals surface area contributed by atoms with Gasteiger partial charge in [0.2, 0.25) is 0 Å². The van der Waals surface area contributed by atoms with Crippen LogP contribution in [-0.2, 0) is 4.74 Å². The van der Waals surface area contributed by atoms with Gasteiger partial charge in [0.05, 0.1) is 12.2 Å². The summed E-state index contributed by atoms with van der Waals surface area (Å²) in [4.78, 5) is 0. The molecule has 0 unspecified atom stereocenters. The number of nitriles is 1. The molecule has 0 saturated carbocycles. The van der Waals surface area contributed by atoms with Crippen LogP contribution in [0.5, 0.6) is 0 Å². The molecule has 0 aliphatic carbocycles. The smallest absolute Gasteiger partial charge is 0.134 e. The summed E-state index contributed by atoms with van der Waals surface area (Å²) in [6, 6.07) is 6.55. The van der Waals surface area contributed by atoms with Crippen LogP contribution in [0, 0.1) is 24.1 Å². The van der Waals surface area contributed by atoms with Gasteiger partial charge in [0.25, 0.3) is 0 Å². The minimum Gasteiger partial charge on any atom is -0.359 e. The van der Waals surface area contributed by atoms with Crippen molar-refractivity contribution in [3.05, 3.63) is 35.1 Å². The minimum atomic E-state index is -0.269. The molecule has 0 spiro atoms. The van der Waals surface area contributed by atoms with Crippen molar-refractivity contribution in [1.29, 1.82) is 5.26 Å². The molecule has 0 amide bonds. The molecule has 15 heavy (non-hydrogen) atoms. The lowest BCUT2D eigenvalue weighted by molar-refractivity contribution is 0.0734. The Kier molecular flexibility index (Phi) is 4.26. The average Bonchev–Trinajstić information content (AvgIpc) is 2.24. The van der Waals surface area contributed by atoms with Gasteiger partial charge in [0.1, 0.15) is 12.4 Å². The number of nitrogens with zero attached hydrogens (tertiary/aromatic N) is 1. The Morgan fingerprint density at radius 3 is 2.87 bits per heavy atom. The minimum absolute atomic E-state index is 0.0362. The topological polar surface area (TPSA) is 33.0 Å². The maximum atomic E-state index is 13.0. The SMILES string of the molecule is CC[C@H](OCC#N)c1cc(F)ccc1C. The molecule has 0 saturated heterocycles. The molecule has 1 atom stereocenters. The zero-order valence-corrected chi connectivity index (χ0v) is 8.96. The van der Waals surface area contributed by atoms with E-state index in [2.05, 4.69) is 0 Å². The van der Waals surface area contributed by atoms with E-state index in [1.165, 1.54) is 12.1 Å².